The average molecular weight is 425 g/mol. The molecule has 0 fully saturated rings. The van der Waals surface area contributed by atoms with Crippen LogP contribution >= 0.6 is 34.8 Å². The lowest BCUT2D eigenvalue weighted by Crippen LogP contribution is -2.15. The van der Waals surface area contributed by atoms with Crippen molar-refractivity contribution in [2.75, 3.05) is 5.73 Å². The minimum atomic E-state index is -0.753. The number of benzene rings is 2. The Kier molecular flexibility index (Phi) is 5.36. The Bertz CT molecular complexity index is 1020. The lowest BCUT2D eigenvalue weighted by Gasteiger charge is -2.08. The number of aromatic nitrogens is 3. The second kappa shape index (κ2) is 7.56. The predicted molar refractivity (Wildman–Crippen MR) is 103 cm³/mol. The number of rotatable bonds is 5. The minimum absolute atomic E-state index is 0.0716. The molecule has 10 heteroatoms. The second-order valence-electron chi connectivity index (χ2n) is 5.62. The van der Waals surface area contributed by atoms with Crippen molar-refractivity contribution in [3.63, 3.8) is 0 Å². The van der Waals surface area contributed by atoms with Crippen molar-refractivity contribution >= 4 is 52.3 Å². The molecule has 0 saturated carbocycles. The van der Waals surface area contributed by atoms with Gasteiger partial charge in [-0.1, -0.05) is 64.3 Å². The van der Waals surface area contributed by atoms with E-state index in [1.165, 1.54) is 16.8 Å². The van der Waals surface area contributed by atoms with Crippen molar-refractivity contribution in [3.05, 3.63) is 73.9 Å². The molecular formula is C17H12Cl3N5O2. The van der Waals surface area contributed by atoms with Crippen molar-refractivity contribution in [2.45, 2.75) is 6.54 Å². The SMILES string of the molecule is NC(=O)c1nnn(Cc2ccc(C(=O)c3c(Cl)cc(Cl)cc3Cl)cc2)c1N. The number of carbonyl (C=O) groups is 2. The van der Waals surface area contributed by atoms with E-state index < -0.39 is 5.91 Å². The molecule has 0 bridgehead atoms. The van der Waals surface area contributed by atoms with Gasteiger partial charge in [0.15, 0.2) is 17.3 Å². The summed E-state index contributed by atoms with van der Waals surface area (Å²) in [6.07, 6.45) is 0. The van der Waals surface area contributed by atoms with E-state index in [0.29, 0.717) is 10.6 Å². The largest absolute Gasteiger partial charge is 0.382 e. The van der Waals surface area contributed by atoms with Crippen LogP contribution in [0.15, 0.2) is 36.4 Å². The van der Waals surface area contributed by atoms with Crippen LogP contribution in [-0.2, 0) is 6.54 Å². The van der Waals surface area contributed by atoms with Gasteiger partial charge in [-0.05, 0) is 17.7 Å². The van der Waals surface area contributed by atoms with Gasteiger partial charge in [0.25, 0.3) is 5.91 Å². The maximum Gasteiger partial charge on any atom is 0.273 e. The van der Waals surface area contributed by atoms with Crippen molar-refractivity contribution in [2.24, 2.45) is 5.73 Å². The molecule has 138 valence electrons. The summed E-state index contributed by atoms with van der Waals surface area (Å²) < 4.78 is 1.34. The first-order valence-electron chi connectivity index (χ1n) is 7.55. The first-order valence-corrected chi connectivity index (χ1v) is 8.68. The Morgan fingerprint density at radius 3 is 2.15 bits per heavy atom. The van der Waals surface area contributed by atoms with Gasteiger partial charge in [0.1, 0.15) is 0 Å². The third-order valence-electron chi connectivity index (χ3n) is 3.79. The summed E-state index contributed by atoms with van der Waals surface area (Å²) in [5, 5.41) is 8.14. The Balaban J connectivity index is 1.84. The lowest BCUT2D eigenvalue weighted by molar-refractivity contribution is 0.0994. The topological polar surface area (TPSA) is 117 Å². The Morgan fingerprint density at radius 2 is 1.63 bits per heavy atom. The van der Waals surface area contributed by atoms with Crippen molar-refractivity contribution in [1.82, 2.24) is 15.0 Å². The molecule has 0 aliphatic heterocycles. The monoisotopic (exact) mass is 423 g/mol. The molecule has 3 rings (SSSR count). The van der Waals surface area contributed by atoms with Crippen LogP contribution < -0.4 is 11.5 Å². The quantitative estimate of drug-likeness (QED) is 0.610. The van der Waals surface area contributed by atoms with Gasteiger partial charge in [-0.15, -0.1) is 5.10 Å². The maximum atomic E-state index is 12.7. The normalized spacial score (nSPS) is 10.8. The number of carbonyl (C=O) groups excluding carboxylic acids is 2. The summed E-state index contributed by atoms with van der Waals surface area (Å²) in [6.45, 7) is 0.253. The standard InChI is InChI=1S/C17H12Cl3N5O2/c18-10-5-11(19)13(12(20)6-10)15(26)9-3-1-8(2-4-9)7-25-16(21)14(17(22)27)23-24-25/h1-6H,7,21H2,(H2,22,27). The molecule has 7 nitrogen and oxygen atoms in total. The van der Waals surface area contributed by atoms with Crippen LogP contribution in [0.1, 0.15) is 32.0 Å². The Morgan fingerprint density at radius 1 is 1.04 bits per heavy atom. The molecule has 3 aromatic rings. The molecule has 4 N–H and O–H groups in total. The molecule has 0 spiro atoms. The molecule has 0 aliphatic carbocycles. The zero-order valence-electron chi connectivity index (χ0n) is 13.6. The number of nitrogen functional groups attached to an aromatic ring is 1. The number of nitrogens with zero attached hydrogens (tertiary/aromatic N) is 3. The van der Waals surface area contributed by atoms with Crippen molar-refractivity contribution in [1.29, 1.82) is 0 Å². The zero-order chi connectivity index (χ0) is 19.7. The highest BCUT2D eigenvalue weighted by Gasteiger charge is 2.18. The van der Waals surface area contributed by atoms with Gasteiger partial charge < -0.3 is 11.5 Å². The van der Waals surface area contributed by atoms with E-state index in [2.05, 4.69) is 10.3 Å². The number of ketones is 1. The van der Waals surface area contributed by atoms with Gasteiger partial charge in [-0.25, -0.2) is 4.68 Å². The highest BCUT2D eigenvalue weighted by Crippen LogP contribution is 2.31. The van der Waals surface area contributed by atoms with Crippen LogP contribution in [0.5, 0.6) is 0 Å². The summed E-state index contributed by atoms with van der Waals surface area (Å²) in [4.78, 5) is 23.9. The van der Waals surface area contributed by atoms with Crippen LogP contribution in [0.25, 0.3) is 0 Å². The fourth-order valence-corrected chi connectivity index (χ4v) is 3.44. The number of nitrogens with two attached hydrogens (primary N) is 2. The zero-order valence-corrected chi connectivity index (χ0v) is 15.9. The van der Waals surface area contributed by atoms with E-state index >= 15 is 0 Å². The van der Waals surface area contributed by atoms with Crippen LogP contribution in [-0.4, -0.2) is 26.7 Å². The summed E-state index contributed by atoms with van der Waals surface area (Å²) in [5.74, 6) is -1.01. The second-order valence-corrected chi connectivity index (χ2v) is 6.87. The number of hydrogen-bond donors (Lipinski definition) is 2. The van der Waals surface area contributed by atoms with Gasteiger partial charge >= 0.3 is 0 Å². The third-order valence-corrected chi connectivity index (χ3v) is 4.60. The fourth-order valence-electron chi connectivity index (χ4n) is 2.45. The average Bonchev–Trinajstić information content (AvgIpc) is 2.95. The van der Waals surface area contributed by atoms with Gasteiger partial charge in [0.2, 0.25) is 0 Å². The van der Waals surface area contributed by atoms with E-state index in [0.717, 1.165) is 5.56 Å². The van der Waals surface area contributed by atoms with Crippen LogP contribution in [0.4, 0.5) is 5.82 Å². The maximum absolute atomic E-state index is 12.7. The van der Waals surface area contributed by atoms with Gasteiger partial charge in [-0.3, -0.25) is 9.59 Å². The van der Waals surface area contributed by atoms with Gasteiger partial charge in [0, 0.05) is 10.6 Å². The smallest absolute Gasteiger partial charge is 0.273 e. The van der Waals surface area contributed by atoms with Crippen molar-refractivity contribution in [3.8, 4) is 0 Å². The predicted octanol–water partition coefficient (Wildman–Crippen LogP) is 3.20. The van der Waals surface area contributed by atoms with Gasteiger partial charge in [-0.2, -0.15) is 0 Å². The van der Waals surface area contributed by atoms with Gasteiger partial charge in [0.05, 0.1) is 22.2 Å². The van der Waals surface area contributed by atoms with Crippen LogP contribution in [0.2, 0.25) is 15.1 Å². The fraction of sp³-hybridized carbons (Fsp3) is 0.0588. The molecule has 0 radical (unpaired) electrons. The molecular weight excluding hydrogens is 413 g/mol. The summed E-state index contributed by atoms with van der Waals surface area (Å²) in [7, 11) is 0. The molecule has 27 heavy (non-hydrogen) atoms. The molecule has 0 unspecified atom stereocenters. The molecule has 2 aromatic carbocycles. The van der Waals surface area contributed by atoms with E-state index in [1.807, 2.05) is 0 Å². The molecule has 1 amide bonds. The van der Waals surface area contributed by atoms with Crippen molar-refractivity contribution < 1.29 is 9.59 Å². The minimum Gasteiger partial charge on any atom is -0.382 e. The number of primary amides is 1. The molecule has 1 aromatic heterocycles. The number of anilines is 1. The first-order chi connectivity index (χ1) is 12.8. The lowest BCUT2D eigenvalue weighted by atomic mass is 10.0. The molecule has 0 saturated heterocycles. The van der Waals surface area contributed by atoms with E-state index in [9.17, 15) is 9.59 Å². The highest BCUT2D eigenvalue weighted by molar-refractivity contribution is 6.43. The van der Waals surface area contributed by atoms with E-state index in [4.69, 9.17) is 46.3 Å². The molecule has 0 atom stereocenters. The summed E-state index contributed by atoms with van der Waals surface area (Å²) in [5.41, 5.74) is 12.2. The molecule has 0 aliphatic rings. The van der Waals surface area contributed by atoms with E-state index in [-0.39, 0.29) is 39.4 Å². The van der Waals surface area contributed by atoms with E-state index in [1.54, 1.807) is 24.3 Å². The third kappa shape index (κ3) is 3.90. The number of halogens is 3. The summed E-state index contributed by atoms with van der Waals surface area (Å²) >= 11 is 18.1. The van der Waals surface area contributed by atoms with Crippen LogP contribution in [0.3, 0.4) is 0 Å². The Labute approximate surface area is 168 Å². The number of hydrogen-bond acceptors (Lipinski definition) is 5. The summed E-state index contributed by atoms with van der Waals surface area (Å²) in [6, 6.07) is 9.61. The highest BCUT2D eigenvalue weighted by atomic mass is 35.5. The van der Waals surface area contributed by atoms with Crippen LogP contribution in [0, 0.1) is 0 Å². The Hall–Kier alpha value is -2.61. The molecule has 1 heterocycles. The first kappa shape index (κ1) is 19.2. The number of amides is 1.